The van der Waals surface area contributed by atoms with E-state index >= 15 is 0 Å². The van der Waals surface area contributed by atoms with E-state index in [1.165, 1.54) is 12.1 Å². The van der Waals surface area contributed by atoms with Gasteiger partial charge in [-0.2, -0.15) is 13.2 Å². The number of fused-ring (bicyclic) bond motifs is 5. The van der Waals surface area contributed by atoms with Gasteiger partial charge in [0.25, 0.3) is 0 Å². The molecule has 3 nitrogen and oxygen atoms in total. The molecule has 6 heteroatoms. The lowest BCUT2D eigenvalue weighted by Gasteiger charge is -2.06. The van der Waals surface area contributed by atoms with E-state index in [1.54, 1.807) is 0 Å². The fourth-order valence-electron chi connectivity index (χ4n) is 3.67. The number of halogens is 3. The molecule has 134 valence electrons. The first-order valence-electron chi connectivity index (χ1n) is 8.46. The zero-order valence-electron chi connectivity index (χ0n) is 14.3. The summed E-state index contributed by atoms with van der Waals surface area (Å²) in [6.45, 7) is 0. The molecular weight excluding hydrogens is 351 g/mol. The van der Waals surface area contributed by atoms with E-state index in [2.05, 4.69) is 16.7 Å². The van der Waals surface area contributed by atoms with Crippen LogP contribution >= 0.6 is 0 Å². The maximum atomic E-state index is 12.8. The number of aryl methyl sites for hydroxylation is 1. The number of aromatic nitrogens is 3. The minimum atomic E-state index is -4.34. The van der Waals surface area contributed by atoms with Crippen molar-refractivity contribution in [3.63, 3.8) is 0 Å². The first-order valence-corrected chi connectivity index (χ1v) is 8.46. The molecular formula is C21H14F3N3. The number of imidazole rings is 1. The summed E-state index contributed by atoms with van der Waals surface area (Å²) in [6.07, 6.45) is -0.563. The second-order valence-corrected chi connectivity index (χ2v) is 6.59. The Balaban J connectivity index is 1.73. The Morgan fingerprint density at radius 1 is 0.889 bits per heavy atom. The molecule has 5 aromatic rings. The lowest BCUT2D eigenvalue weighted by Crippen LogP contribution is -2.03. The van der Waals surface area contributed by atoms with E-state index in [4.69, 9.17) is 4.98 Å². The van der Waals surface area contributed by atoms with Crippen LogP contribution in [-0.2, 0) is 13.2 Å². The minimum absolute atomic E-state index is 0.640. The number of pyridine rings is 1. The van der Waals surface area contributed by atoms with Gasteiger partial charge in [-0.1, -0.05) is 30.3 Å². The average molecular weight is 365 g/mol. The minimum Gasteiger partial charge on any atom is -0.341 e. The lowest BCUT2D eigenvalue weighted by atomic mass is 10.1. The SMILES string of the molecule is Cn1c2ccccc2c2ccn3cc(-c4ccc(C(F)(F)F)cc4)nc3c21. The molecule has 3 heterocycles. The van der Waals surface area contributed by atoms with Gasteiger partial charge in [0.05, 0.1) is 16.8 Å². The standard InChI is InChI=1S/C21H14F3N3/c1-26-18-5-3-2-4-15(18)16-10-11-27-12-17(25-20(27)19(16)26)13-6-8-14(9-7-13)21(22,23)24/h2-12H,1H3. The maximum Gasteiger partial charge on any atom is 0.416 e. The van der Waals surface area contributed by atoms with E-state index in [0.717, 1.165) is 39.6 Å². The molecule has 5 rings (SSSR count). The Morgan fingerprint density at radius 3 is 2.37 bits per heavy atom. The van der Waals surface area contributed by atoms with Crippen molar-refractivity contribution in [3.05, 3.63) is 72.6 Å². The van der Waals surface area contributed by atoms with Crippen LogP contribution in [0.5, 0.6) is 0 Å². The fourth-order valence-corrected chi connectivity index (χ4v) is 3.67. The normalized spacial score (nSPS) is 12.4. The molecule has 0 N–H and O–H groups in total. The van der Waals surface area contributed by atoms with E-state index in [-0.39, 0.29) is 0 Å². The maximum absolute atomic E-state index is 12.8. The molecule has 0 unspecified atom stereocenters. The van der Waals surface area contributed by atoms with Crippen LogP contribution in [0, 0.1) is 0 Å². The summed E-state index contributed by atoms with van der Waals surface area (Å²) in [4.78, 5) is 4.72. The van der Waals surface area contributed by atoms with Crippen molar-refractivity contribution in [3.8, 4) is 11.3 Å². The van der Waals surface area contributed by atoms with Crippen LogP contribution in [0.25, 0.3) is 38.7 Å². The van der Waals surface area contributed by atoms with Gasteiger partial charge in [0.15, 0.2) is 5.65 Å². The molecule has 0 saturated heterocycles. The summed E-state index contributed by atoms with van der Waals surface area (Å²) in [5.41, 5.74) is 3.52. The molecule has 0 saturated carbocycles. The van der Waals surface area contributed by atoms with Crippen LogP contribution in [0.2, 0.25) is 0 Å². The number of benzene rings is 2. The Kier molecular flexibility index (Phi) is 3.16. The molecule has 0 spiro atoms. The number of hydrogen-bond donors (Lipinski definition) is 0. The first kappa shape index (κ1) is 15.9. The van der Waals surface area contributed by atoms with Crippen molar-refractivity contribution < 1.29 is 13.2 Å². The highest BCUT2D eigenvalue weighted by Crippen LogP contribution is 2.33. The van der Waals surface area contributed by atoms with Crippen LogP contribution in [0.3, 0.4) is 0 Å². The van der Waals surface area contributed by atoms with E-state index in [0.29, 0.717) is 11.3 Å². The fraction of sp³-hybridized carbons (Fsp3) is 0.0952. The van der Waals surface area contributed by atoms with Crippen molar-refractivity contribution in [2.45, 2.75) is 6.18 Å². The summed E-state index contributed by atoms with van der Waals surface area (Å²) >= 11 is 0. The van der Waals surface area contributed by atoms with Gasteiger partial charge in [-0.3, -0.25) is 0 Å². The van der Waals surface area contributed by atoms with Crippen molar-refractivity contribution in [1.82, 2.24) is 14.0 Å². The Labute approximate surface area is 152 Å². The van der Waals surface area contributed by atoms with Gasteiger partial charge < -0.3 is 8.97 Å². The van der Waals surface area contributed by atoms with Crippen LogP contribution in [0.15, 0.2) is 67.0 Å². The monoisotopic (exact) mass is 365 g/mol. The van der Waals surface area contributed by atoms with E-state index in [1.807, 2.05) is 42.0 Å². The van der Waals surface area contributed by atoms with Crippen LogP contribution < -0.4 is 0 Å². The Morgan fingerprint density at radius 2 is 1.63 bits per heavy atom. The summed E-state index contributed by atoms with van der Waals surface area (Å²) in [5.74, 6) is 0. The zero-order chi connectivity index (χ0) is 18.8. The average Bonchev–Trinajstić information content (AvgIpc) is 3.21. The third-order valence-electron chi connectivity index (χ3n) is 5.00. The van der Waals surface area contributed by atoms with Crippen LogP contribution in [0.1, 0.15) is 5.56 Å². The second kappa shape index (κ2) is 5.36. The predicted octanol–water partition coefficient (Wildman–Crippen LogP) is 5.67. The smallest absolute Gasteiger partial charge is 0.341 e. The molecule has 2 aromatic carbocycles. The van der Waals surface area contributed by atoms with Crippen LogP contribution in [0.4, 0.5) is 13.2 Å². The number of alkyl halides is 3. The molecule has 0 radical (unpaired) electrons. The van der Waals surface area contributed by atoms with Crippen molar-refractivity contribution in [1.29, 1.82) is 0 Å². The number of rotatable bonds is 1. The molecule has 0 aliphatic carbocycles. The third kappa shape index (κ3) is 2.33. The van der Waals surface area contributed by atoms with Gasteiger partial charge in [-0.15, -0.1) is 0 Å². The molecule has 0 aliphatic rings. The van der Waals surface area contributed by atoms with Gasteiger partial charge in [0.1, 0.15) is 0 Å². The van der Waals surface area contributed by atoms with Gasteiger partial charge >= 0.3 is 6.18 Å². The Hall–Kier alpha value is -3.28. The summed E-state index contributed by atoms with van der Waals surface area (Å²) in [5, 5.41) is 2.25. The molecule has 0 amide bonds. The zero-order valence-corrected chi connectivity index (χ0v) is 14.3. The molecule has 0 bridgehead atoms. The van der Waals surface area contributed by atoms with Crippen molar-refractivity contribution in [2.24, 2.45) is 7.05 Å². The molecule has 27 heavy (non-hydrogen) atoms. The third-order valence-corrected chi connectivity index (χ3v) is 5.00. The van der Waals surface area contributed by atoms with Crippen molar-refractivity contribution in [2.75, 3.05) is 0 Å². The lowest BCUT2D eigenvalue weighted by molar-refractivity contribution is -0.137. The van der Waals surface area contributed by atoms with E-state index in [9.17, 15) is 13.2 Å². The topological polar surface area (TPSA) is 22.2 Å². The van der Waals surface area contributed by atoms with Gasteiger partial charge in [-0.25, -0.2) is 4.98 Å². The largest absolute Gasteiger partial charge is 0.416 e. The molecule has 0 fully saturated rings. The van der Waals surface area contributed by atoms with E-state index < -0.39 is 11.7 Å². The highest BCUT2D eigenvalue weighted by molar-refractivity contribution is 6.12. The first-order chi connectivity index (χ1) is 12.9. The molecule has 0 aliphatic heterocycles. The van der Waals surface area contributed by atoms with Gasteiger partial charge in [0.2, 0.25) is 0 Å². The highest BCUT2D eigenvalue weighted by Gasteiger charge is 2.30. The summed E-state index contributed by atoms with van der Waals surface area (Å²) in [7, 11) is 2.00. The number of hydrogen-bond acceptors (Lipinski definition) is 1. The second-order valence-electron chi connectivity index (χ2n) is 6.59. The van der Waals surface area contributed by atoms with Gasteiger partial charge in [0, 0.05) is 41.3 Å². The number of para-hydroxylation sites is 1. The number of nitrogens with zero attached hydrogens (tertiary/aromatic N) is 3. The van der Waals surface area contributed by atoms with Crippen molar-refractivity contribution >= 4 is 27.5 Å². The highest BCUT2D eigenvalue weighted by atomic mass is 19.4. The summed E-state index contributed by atoms with van der Waals surface area (Å²) in [6, 6.07) is 15.3. The predicted molar refractivity (Wildman–Crippen MR) is 99.6 cm³/mol. The van der Waals surface area contributed by atoms with Gasteiger partial charge in [-0.05, 0) is 24.3 Å². The van der Waals surface area contributed by atoms with Crippen LogP contribution in [-0.4, -0.2) is 14.0 Å². The summed E-state index contributed by atoms with van der Waals surface area (Å²) < 4.78 is 42.4. The molecule has 3 aromatic heterocycles. The Bertz CT molecular complexity index is 1310. The quantitative estimate of drug-likeness (QED) is 0.375. The molecule has 0 atom stereocenters.